The summed E-state index contributed by atoms with van der Waals surface area (Å²) < 4.78 is 13.1. The van der Waals surface area contributed by atoms with E-state index in [1.807, 2.05) is 0 Å². The topological polar surface area (TPSA) is 96.9 Å². The standard InChI is InChI=1S/C14H8FN3O3/c15-10-3-4-11(13(6-10)18(20)21)14(19)12(7-16)9-2-1-5-17-8-9/h1-6,8,12H. The van der Waals surface area contributed by atoms with Gasteiger partial charge >= 0.3 is 0 Å². The van der Waals surface area contributed by atoms with Gasteiger partial charge in [0, 0.05) is 12.4 Å². The molecule has 0 aliphatic rings. The second-order valence-electron chi connectivity index (χ2n) is 4.13. The van der Waals surface area contributed by atoms with E-state index in [-0.39, 0.29) is 5.56 Å². The lowest BCUT2D eigenvalue weighted by atomic mass is 9.92. The van der Waals surface area contributed by atoms with Gasteiger partial charge < -0.3 is 0 Å². The molecule has 0 amide bonds. The van der Waals surface area contributed by atoms with E-state index < -0.39 is 28.1 Å². The second kappa shape index (κ2) is 5.88. The van der Waals surface area contributed by atoms with Crippen molar-refractivity contribution in [3.63, 3.8) is 0 Å². The van der Waals surface area contributed by atoms with Crippen molar-refractivity contribution in [3.8, 4) is 6.07 Å². The predicted molar refractivity (Wildman–Crippen MR) is 70.0 cm³/mol. The first-order chi connectivity index (χ1) is 10.0. The molecule has 2 rings (SSSR count). The fourth-order valence-corrected chi connectivity index (χ4v) is 1.85. The Morgan fingerprint density at radius 2 is 2.19 bits per heavy atom. The van der Waals surface area contributed by atoms with Gasteiger partial charge in [0.05, 0.1) is 22.6 Å². The molecule has 1 atom stereocenters. The van der Waals surface area contributed by atoms with Crippen LogP contribution in [0.3, 0.4) is 0 Å². The van der Waals surface area contributed by atoms with E-state index in [9.17, 15) is 19.3 Å². The number of Topliss-reactive ketones (excluding diaryl/α,β-unsaturated/α-hetero) is 1. The minimum Gasteiger partial charge on any atom is -0.292 e. The Morgan fingerprint density at radius 3 is 2.76 bits per heavy atom. The lowest BCUT2D eigenvalue weighted by molar-refractivity contribution is -0.385. The monoisotopic (exact) mass is 285 g/mol. The zero-order valence-electron chi connectivity index (χ0n) is 10.6. The molecule has 2 aromatic rings. The number of nitro groups is 1. The molecule has 6 nitrogen and oxygen atoms in total. The third-order valence-corrected chi connectivity index (χ3v) is 2.83. The molecular formula is C14H8FN3O3. The number of carbonyl (C=O) groups excluding carboxylic acids is 1. The molecule has 0 bridgehead atoms. The summed E-state index contributed by atoms with van der Waals surface area (Å²) in [5.74, 6) is -2.83. The minimum absolute atomic E-state index is 0.309. The lowest BCUT2D eigenvalue weighted by Crippen LogP contribution is -2.13. The molecule has 0 saturated heterocycles. The fourth-order valence-electron chi connectivity index (χ4n) is 1.85. The molecule has 0 radical (unpaired) electrons. The first-order valence-electron chi connectivity index (χ1n) is 5.82. The molecule has 1 aromatic carbocycles. The summed E-state index contributed by atoms with van der Waals surface area (Å²) in [6, 6.07) is 7.47. The number of nitrogens with zero attached hydrogens (tertiary/aromatic N) is 3. The van der Waals surface area contributed by atoms with E-state index in [1.165, 1.54) is 18.5 Å². The van der Waals surface area contributed by atoms with Crippen LogP contribution in [0.1, 0.15) is 21.8 Å². The maximum atomic E-state index is 13.1. The van der Waals surface area contributed by atoms with Crippen molar-refractivity contribution >= 4 is 11.5 Å². The zero-order valence-corrected chi connectivity index (χ0v) is 10.6. The van der Waals surface area contributed by atoms with Crippen LogP contribution in [0.4, 0.5) is 10.1 Å². The van der Waals surface area contributed by atoms with Crippen molar-refractivity contribution in [2.75, 3.05) is 0 Å². The maximum Gasteiger partial charge on any atom is 0.283 e. The highest BCUT2D eigenvalue weighted by molar-refractivity contribution is 6.05. The number of halogens is 1. The second-order valence-corrected chi connectivity index (χ2v) is 4.13. The number of rotatable bonds is 4. The van der Waals surface area contributed by atoms with Crippen LogP contribution in [-0.2, 0) is 0 Å². The van der Waals surface area contributed by atoms with Gasteiger partial charge in [0.25, 0.3) is 5.69 Å². The molecule has 0 fully saturated rings. The molecule has 7 heteroatoms. The Bertz CT molecular complexity index is 741. The van der Waals surface area contributed by atoms with Crippen LogP contribution >= 0.6 is 0 Å². The van der Waals surface area contributed by atoms with Crippen LogP contribution in [0.5, 0.6) is 0 Å². The van der Waals surface area contributed by atoms with Gasteiger partial charge in [-0.15, -0.1) is 0 Å². The fraction of sp³-hybridized carbons (Fsp3) is 0.0714. The van der Waals surface area contributed by atoms with Gasteiger partial charge in [-0.2, -0.15) is 5.26 Å². The van der Waals surface area contributed by atoms with E-state index in [1.54, 1.807) is 12.1 Å². The Morgan fingerprint density at radius 1 is 1.43 bits per heavy atom. The van der Waals surface area contributed by atoms with Gasteiger partial charge in [0.15, 0.2) is 5.78 Å². The number of aromatic nitrogens is 1. The molecule has 0 saturated carbocycles. The number of nitro benzene ring substituents is 1. The molecule has 0 N–H and O–H groups in total. The number of hydrogen-bond acceptors (Lipinski definition) is 5. The quantitative estimate of drug-likeness (QED) is 0.488. The number of hydrogen-bond donors (Lipinski definition) is 0. The molecule has 0 aliphatic heterocycles. The van der Waals surface area contributed by atoms with Crippen LogP contribution in [0.25, 0.3) is 0 Å². The molecule has 104 valence electrons. The summed E-state index contributed by atoms with van der Waals surface area (Å²) in [7, 11) is 0. The summed E-state index contributed by atoms with van der Waals surface area (Å²) in [5.41, 5.74) is -0.649. The molecule has 1 heterocycles. The van der Waals surface area contributed by atoms with E-state index in [4.69, 9.17) is 5.26 Å². The van der Waals surface area contributed by atoms with Gasteiger partial charge in [-0.05, 0) is 23.8 Å². The third kappa shape index (κ3) is 2.90. The van der Waals surface area contributed by atoms with Gasteiger partial charge in [-0.25, -0.2) is 4.39 Å². The van der Waals surface area contributed by atoms with Crippen LogP contribution in [0, 0.1) is 27.3 Å². The van der Waals surface area contributed by atoms with Gasteiger partial charge in [0.1, 0.15) is 11.7 Å². The number of ketones is 1. The van der Waals surface area contributed by atoms with Gasteiger partial charge in [0.2, 0.25) is 0 Å². The van der Waals surface area contributed by atoms with Crippen molar-refractivity contribution in [1.82, 2.24) is 4.98 Å². The SMILES string of the molecule is N#CC(C(=O)c1ccc(F)cc1[N+](=O)[O-])c1cccnc1. The van der Waals surface area contributed by atoms with Crippen molar-refractivity contribution in [3.05, 3.63) is 69.8 Å². The molecule has 0 aliphatic carbocycles. The molecule has 0 spiro atoms. The summed E-state index contributed by atoms with van der Waals surface area (Å²) in [6.07, 6.45) is 2.81. The summed E-state index contributed by atoms with van der Waals surface area (Å²) in [5, 5.41) is 20.1. The van der Waals surface area contributed by atoms with Crippen molar-refractivity contribution in [2.45, 2.75) is 5.92 Å². The largest absolute Gasteiger partial charge is 0.292 e. The first-order valence-corrected chi connectivity index (χ1v) is 5.82. The van der Waals surface area contributed by atoms with E-state index in [0.717, 1.165) is 12.1 Å². The van der Waals surface area contributed by atoms with Crippen LogP contribution in [0.2, 0.25) is 0 Å². The molecule has 1 unspecified atom stereocenters. The highest BCUT2D eigenvalue weighted by Gasteiger charge is 2.28. The number of carbonyl (C=O) groups is 1. The summed E-state index contributed by atoms with van der Waals surface area (Å²) >= 11 is 0. The van der Waals surface area contributed by atoms with E-state index in [2.05, 4.69) is 4.98 Å². The van der Waals surface area contributed by atoms with E-state index in [0.29, 0.717) is 11.6 Å². The minimum atomic E-state index is -1.23. The van der Waals surface area contributed by atoms with Gasteiger partial charge in [-0.3, -0.25) is 19.9 Å². The lowest BCUT2D eigenvalue weighted by Gasteiger charge is -2.08. The highest BCUT2D eigenvalue weighted by atomic mass is 19.1. The maximum absolute atomic E-state index is 13.1. The molecule has 21 heavy (non-hydrogen) atoms. The van der Waals surface area contributed by atoms with Crippen LogP contribution in [-0.4, -0.2) is 15.7 Å². The molecular weight excluding hydrogens is 277 g/mol. The number of nitriles is 1. The highest BCUT2D eigenvalue weighted by Crippen LogP contribution is 2.26. The Balaban J connectivity index is 2.49. The zero-order chi connectivity index (χ0) is 15.4. The average Bonchev–Trinajstić information content (AvgIpc) is 2.48. The Kier molecular flexibility index (Phi) is 4.00. The van der Waals surface area contributed by atoms with Gasteiger partial charge in [-0.1, -0.05) is 6.07 Å². The van der Waals surface area contributed by atoms with Crippen molar-refractivity contribution < 1.29 is 14.1 Å². The van der Waals surface area contributed by atoms with Crippen molar-refractivity contribution in [2.24, 2.45) is 0 Å². The summed E-state index contributed by atoms with van der Waals surface area (Å²) in [6.45, 7) is 0. The smallest absolute Gasteiger partial charge is 0.283 e. The van der Waals surface area contributed by atoms with Crippen LogP contribution in [0.15, 0.2) is 42.7 Å². The summed E-state index contributed by atoms with van der Waals surface area (Å²) in [4.78, 5) is 26.2. The number of benzene rings is 1. The normalized spacial score (nSPS) is 11.4. The predicted octanol–water partition coefficient (Wildman–Crippen LogP) is 2.62. The Hall–Kier alpha value is -3.14. The van der Waals surface area contributed by atoms with Crippen molar-refractivity contribution in [1.29, 1.82) is 5.26 Å². The average molecular weight is 285 g/mol. The van der Waals surface area contributed by atoms with Crippen LogP contribution < -0.4 is 0 Å². The Labute approximate surface area is 118 Å². The first kappa shape index (κ1) is 14.3. The molecule has 1 aromatic heterocycles. The number of pyridine rings is 1. The third-order valence-electron chi connectivity index (χ3n) is 2.83. The van der Waals surface area contributed by atoms with E-state index >= 15 is 0 Å².